The van der Waals surface area contributed by atoms with Crippen molar-refractivity contribution in [1.29, 1.82) is 0 Å². The zero-order chi connectivity index (χ0) is 8.27. The number of ketones is 1. The monoisotopic (exact) mass is 155 g/mol. The average Bonchev–Trinajstić information content (AvgIpc) is 1.86. The Morgan fingerprint density at radius 1 is 1.55 bits per heavy atom. The predicted molar refractivity (Wildman–Crippen MR) is 45.5 cm³/mol. The second-order valence-electron chi connectivity index (χ2n) is 3.37. The molecule has 0 aromatic heterocycles. The van der Waals surface area contributed by atoms with Crippen molar-refractivity contribution in [1.82, 2.24) is 5.32 Å². The third-order valence-electron chi connectivity index (χ3n) is 2.50. The SMILES string of the molecule is CCCC(=O)C1CC(NC)C1. The van der Waals surface area contributed by atoms with Crippen LogP contribution >= 0.6 is 0 Å². The highest BCUT2D eigenvalue weighted by Crippen LogP contribution is 2.28. The Bertz CT molecular complexity index is 138. The molecule has 0 aliphatic heterocycles. The Kier molecular flexibility index (Phi) is 3.06. The van der Waals surface area contributed by atoms with Crippen LogP contribution in [0.5, 0.6) is 0 Å². The number of carbonyl (C=O) groups excluding carboxylic acids is 1. The summed E-state index contributed by atoms with van der Waals surface area (Å²) in [4.78, 5) is 11.3. The molecule has 0 aromatic rings. The first kappa shape index (κ1) is 8.72. The average molecular weight is 155 g/mol. The number of hydrogen-bond acceptors (Lipinski definition) is 2. The van der Waals surface area contributed by atoms with Gasteiger partial charge in [-0.15, -0.1) is 0 Å². The summed E-state index contributed by atoms with van der Waals surface area (Å²) >= 11 is 0. The molecule has 1 aliphatic carbocycles. The summed E-state index contributed by atoms with van der Waals surface area (Å²) in [5.41, 5.74) is 0. The predicted octanol–water partition coefficient (Wildman–Crippen LogP) is 1.35. The standard InChI is InChI=1S/C9H17NO/c1-3-4-9(11)7-5-8(6-7)10-2/h7-8,10H,3-6H2,1-2H3. The van der Waals surface area contributed by atoms with Crippen molar-refractivity contribution in [3.05, 3.63) is 0 Å². The molecule has 0 heterocycles. The van der Waals surface area contributed by atoms with E-state index in [1.54, 1.807) is 0 Å². The van der Waals surface area contributed by atoms with Crippen LogP contribution in [-0.2, 0) is 4.79 Å². The Hall–Kier alpha value is -0.370. The highest BCUT2D eigenvalue weighted by atomic mass is 16.1. The third kappa shape index (κ3) is 2.03. The molecule has 0 bridgehead atoms. The van der Waals surface area contributed by atoms with Gasteiger partial charge in [0.15, 0.2) is 0 Å². The number of carbonyl (C=O) groups is 1. The van der Waals surface area contributed by atoms with Gasteiger partial charge in [0, 0.05) is 18.4 Å². The van der Waals surface area contributed by atoms with Crippen LogP contribution in [0.3, 0.4) is 0 Å². The van der Waals surface area contributed by atoms with E-state index in [0.717, 1.165) is 25.7 Å². The largest absolute Gasteiger partial charge is 0.317 e. The van der Waals surface area contributed by atoms with Gasteiger partial charge in [0.25, 0.3) is 0 Å². The van der Waals surface area contributed by atoms with Gasteiger partial charge in [0.1, 0.15) is 5.78 Å². The van der Waals surface area contributed by atoms with Gasteiger partial charge in [0.05, 0.1) is 0 Å². The van der Waals surface area contributed by atoms with E-state index in [2.05, 4.69) is 12.2 Å². The van der Waals surface area contributed by atoms with Crippen LogP contribution in [0.2, 0.25) is 0 Å². The quantitative estimate of drug-likeness (QED) is 0.664. The molecule has 0 saturated heterocycles. The fraction of sp³-hybridized carbons (Fsp3) is 0.889. The van der Waals surface area contributed by atoms with Crippen LogP contribution in [0.4, 0.5) is 0 Å². The van der Waals surface area contributed by atoms with Crippen LogP contribution in [0.15, 0.2) is 0 Å². The Labute approximate surface area is 68.4 Å². The molecule has 1 fully saturated rings. The summed E-state index contributed by atoms with van der Waals surface area (Å²) < 4.78 is 0. The smallest absolute Gasteiger partial charge is 0.136 e. The summed E-state index contributed by atoms with van der Waals surface area (Å²) in [6.07, 6.45) is 3.91. The van der Waals surface area contributed by atoms with Crippen LogP contribution in [-0.4, -0.2) is 18.9 Å². The van der Waals surface area contributed by atoms with Crippen molar-refractivity contribution >= 4 is 5.78 Å². The van der Waals surface area contributed by atoms with Gasteiger partial charge in [-0.05, 0) is 26.3 Å². The molecule has 0 spiro atoms. The van der Waals surface area contributed by atoms with E-state index in [4.69, 9.17) is 0 Å². The van der Waals surface area contributed by atoms with Gasteiger partial charge < -0.3 is 5.32 Å². The summed E-state index contributed by atoms with van der Waals surface area (Å²) in [6.45, 7) is 2.06. The van der Waals surface area contributed by atoms with E-state index in [0.29, 0.717) is 17.7 Å². The molecule has 0 aromatic carbocycles. The minimum atomic E-state index is 0.382. The summed E-state index contributed by atoms with van der Waals surface area (Å²) in [5, 5.41) is 3.18. The zero-order valence-corrected chi connectivity index (χ0v) is 7.39. The summed E-state index contributed by atoms with van der Waals surface area (Å²) in [5.74, 6) is 0.853. The van der Waals surface area contributed by atoms with Crippen LogP contribution in [0.1, 0.15) is 32.6 Å². The van der Waals surface area contributed by atoms with Gasteiger partial charge in [-0.2, -0.15) is 0 Å². The molecule has 0 amide bonds. The fourth-order valence-electron chi connectivity index (χ4n) is 1.57. The minimum absolute atomic E-state index is 0.382. The van der Waals surface area contributed by atoms with Gasteiger partial charge in [-0.3, -0.25) is 4.79 Å². The van der Waals surface area contributed by atoms with Gasteiger partial charge in [-0.25, -0.2) is 0 Å². The molecule has 1 N–H and O–H groups in total. The number of Topliss-reactive ketones (excluding diaryl/α,β-unsaturated/α-hetero) is 1. The van der Waals surface area contributed by atoms with Gasteiger partial charge >= 0.3 is 0 Å². The lowest BCUT2D eigenvalue weighted by atomic mass is 9.76. The van der Waals surface area contributed by atoms with Gasteiger partial charge in [0.2, 0.25) is 0 Å². The number of nitrogens with one attached hydrogen (secondary N) is 1. The summed E-state index contributed by atoms with van der Waals surface area (Å²) in [6, 6.07) is 0.612. The molecule has 64 valence electrons. The van der Waals surface area contributed by atoms with Crippen LogP contribution < -0.4 is 5.32 Å². The second-order valence-corrected chi connectivity index (χ2v) is 3.37. The molecule has 1 rings (SSSR count). The molecule has 2 heteroatoms. The Morgan fingerprint density at radius 3 is 2.64 bits per heavy atom. The third-order valence-corrected chi connectivity index (χ3v) is 2.50. The van der Waals surface area contributed by atoms with Crippen LogP contribution in [0, 0.1) is 5.92 Å². The Morgan fingerprint density at radius 2 is 2.18 bits per heavy atom. The second kappa shape index (κ2) is 3.86. The van der Waals surface area contributed by atoms with Crippen molar-refractivity contribution in [3.63, 3.8) is 0 Å². The summed E-state index contributed by atoms with van der Waals surface area (Å²) in [7, 11) is 1.96. The lowest BCUT2D eigenvalue weighted by Gasteiger charge is -2.33. The van der Waals surface area contributed by atoms with E-state index in [1.807, 2.05) is 7.05 Å². The molecule has 11 heavy (non-hydrogen) atoms. The van der Waals surface area contributed by atoms with Crippen molar-refractivity contribution < 1.29 is 4.79 Å². The van der Waals surface area contributed by atoms with E-state index in [9.17, 15) is 4.79 Å². The lowest BCUT2D eigenvalue weighted by molar-refractivity contribution is -0.126. The topological polar surface area (TPSA) is 29.1 Å². The number of hydrogen-bond donors (Lipinski definition) is 1. The first-order chi connectivity index (χ1) is 5.27. The number of rotatable bonds is 4. The molecular weight excluding hydrogens is 138 g/mol. The van der Waals surface area contributed by atoms with Crippen molar-refractivity contribution in [2.45, 2.75) is 38.6 Å². The molecule has 1 aliphatic rings. The molecule has 0 unspecified atom stereocenters. The maximum Gasteiger partial charge on any atom is 0.136 e. The maximum atomic E-state index is 11.3. The van der Waals surface area contributed by atoms with Crippen molar-refractivity contribution in [2.75, 3.05) is 7.05 Å². The highest BCUT2D eigenvalue weighted by Gasteiger charge is 2.32. The van der Waals surface area contributed by atoms with E-state index in [1.165, 1.54) is 0 Å². The van der Waals surface area contributed by atoms with E-state index < -0.39 is 0 Å². The van der Waals surface area contributed by atoms with Crippen LogP contribution in [0.25, 0.3) is 0 Å². The Balaban J connectivity index is 2.16. The van der Waals surface area contributed by atoms with Crippen molar-refractivity contribution in [3.8, 4) is 0 Å². The first-order valence-corrected chi connectivity index (χ1v) is 4.48. The maximum absolute atomic E-state index is 11.3. The van der Waals surface area contributed by atoms with E-state index in [-0.39, 0.29) is 0 Å². The lowest BCUT2D eigenvalue weighted by Crippen LogP contribution is -2.42. The molecule has 2 nitrogen and oxygen atoms in total. The normalized spacial score (nSPS) is 29.6. The highest BCUT2D eigenvalue weighted by molar-refractivity contribution is 5.81. The molecular formula is C9H17NO. The minimum Gasteiger partial charge on any atom is -0.317 e. The zero-order valence-electron chi connectivity index (χ0n) is 7.39. The molecule has 1 saturated carbocycles. The molecule has 0 radical (unpaired) electrons. The van der Waals surface area contributed by atoms with Crippen molar-refractivity contribution in [2.24, 2.45) is 5.92 Å². The first-order valence-electron chi connectivity index (χ1n) is 4.48. The van der Waals surface area contributed by atoms with Gasteiger partial charge in [-0.1, -0.05) is 6.92 Å². The van der Waals surface area contributed by atoms with E-state index >= 15 is 0 Å². The fourth-order valence-corrected chi connectivity index (χ4v) is 1.57. The molecule has 0 atom stereocenters.